The molecule has 0 aromatic carbocycles. The van der Waals surface area contributed by atoms with Crippen molar-refractivity contribution in [2.45, 2.75) is 19.3 Å². The molecule has 0 aliphatic heterocycles. The molecule has 0 aliphatic carbocycles. The molecule has 12 heavy (non-hydrogen) atoms. The van der Waals surface area contributed by atoms with Gasteiger partial charge in [0.15, 0.2) is 0 Å². The topological polar surface area (TPSA) is 58.6 Å². The van der Waals surface area contributed by atoms with Gasteiger partial charge in [0.2, 0.25) is 0 Å². The summed E-state index contributed by atoms with van der Waals surface area (Å²) in [6, 6.07) is 0. The number of hydroxylamine groups is 1. The third-order valence-electron chi connectivity index (χ3n) is 1.03. The van der Waals surface area contributed by atoms with Crippen LogP contribution in [-0.2, 0) is 9.63 Å². The molecule has 2 N–H and O–H groups in total. The van der Waals surface area contributed by atoms with Crippen LogP contribution in [-0.4, -0.2) is 30.7 Å². The second kappa shape index (κ2) is 6.93. The second-order valence-corrected chi connectivity index (χ2v) is 2.05. The van der Waals surface area contributed by atoms with Crippen molar-refractivity contribution in [1.82, 2.24) is 5.48 Å². The Morgan fingerprint density at radius 2 is 2.17 bits per heavy atom. The van der Waals surface area contributed by atoms with Gasteiger partial charge in [-0.2, -0.15) is 8.78 Å². The number of unbranched alkanes of at least 4 members (excludes halogenated alkanes) is 1. The minimum absolute atomic E-state index is 0.0200. The molecule has 0 unspecified atom stereocenters. The molecular weight excluding hydrogens is 172 g/mol. The molecule has 0 spiro atoms. The van der Waals surface area contributed by atoms with E-state index < -0.39 is 12.3 Å². The summed E-state index contributed by atoms with van der Waals surface area (Å²) in [7, 11) is 0. The average molecular weight is 183 g/mol. The molecule has 72 valence electrons. The van der Waals surface area contributed by atoms with E-state index in [1.165, 1.54) is 0 Å². The number of rotatable bonds is 6. The largest absolute Gasteiger partial charge is 0.396 e. The average Bonchev–Trinajstić information content (AvgIpc) is 2.03. The van der Waals surface area contributed by atoms with E-state index in [0.717, 1.165) is 0 Å². The number of hydrogen-bond donors (Lipinski definition) is 2. The Balaban J connectivity index is 3.14. The van der Waals surface area contributed by atoms with Gasteiger partial charge >= 0.3 is 12.3 Å². The summed E-state index contributed by atoms with van der Waals surface area (Å²) in [5.74, 6) is -1.45. The van der Waals surface area contributed by atoms with Crippen LogP contribution < -0.4 is 5.48 Å². The van der Waals surface area contributed by atoms with Gasteiger partial charge < -0.3 is 5.11 Å². The summed E-state index contributed by atoms with van der Waals surface area (Å²) < 4.78 is 22.9. The maximum absolute atomic E-state index is 11.5. The first-order valence-corrected chi connectivity index (χ1v) is 3.49. The Morgan fingerprint density at radius 3 is 2.67 bits per heavy atom. The molecular formula is C6H11F2NO3. The van der Waals surface area contributed by atoms with Gasteiger partial charge in [0.05, 0.1) is 6.61 Å². The zero-order valence-corrected chi connectivity index (χ0v) is 6.43. The van der Waals surface area contributed by atoms with Crippen molar-refractivity contribution in [2.24, 2.45) is 0 Å². The van der Waals surface area contributed by atoms with Crippen LogP contribution in [0.3, 0.4) is 0 Å². The molecule has 0 rings (SSSR count). The molecule has 0 heterocycles. The number of aliphatic hydroxyl groups is 1. The van der Waals surface area contributed by atoms with Gasteiger partial charge in [-0.15, -0.1) is 0 Å². The fourth-order valence-electron chi connectivity index (χ4n) is 0.453. The number of carbonyl (C=O) groups excluding carboxylic acids is 1. The summed E-state index contributed by atoms with van der Waals surface area (Å²) in [6.45, 7) is 0.144. The third kappa shape index (κ3) is 5.99. The molecule has 1 amide bonds. The monoisotopic (exact) mass is 183 g/mol. The second-order valence-electron chi connectivity index (χ2n) is 2.05. The van der Waals surface area contributed by atoms with E-state index in [0.29, 0.717) is 12.8 Å². The number of halogens is 2. The number of hydrogen-bond acceptors (Lipinski definition) is 3. The van der Waals surface area contributed by atoms with E-state index >= 15 is 0 Å². The maximum atomic E-state index is 11.5. The minimum Gasteiger partial charge on any atom is -0.396 e. The first-order chi connectivity index (χ1) is 5.68. The van der Waals surface area contributed by atoms with Crippen molar-refractivity contribution in [1.29, 1.82) is 0 Å². The first-order valence-electron chi connectivity index (χ1n) is 3.49. The van der Waals surface area contributed by atoms with Crippen LogP contribution in [0.2, 0.25) is 0 Å². The molecule has 0 aromatic rings. The number of carbonyl (C=O) groups is 1. The van der Waals surface area contributed by atoms with E-state index in [1.54, 1.807) is 5.48 Å². The molecule has 0 bridgehead atoms. The van der Waals surface area contributed by atoms with E-state index in [4.69, 9.17) is 5.11 Å². The van der Waals surface area contributed by atoms with Crippen molar-refractivity contribution < 1.29 is 23.5 Å². The number of amides is 1. The van der Waals surface area contributed by atoms with Gasteiger partial charge in [-0.3, -0.25) is 9.63 Å². The molecule has 6 heteroatoms. The first kappa shape index (κ1) is 11.2. The SMILES string of the molecule is O=C(NOCCCCO)C(F)F. The lowest BCUT2D eigenvalue weighted by Gasteiger charge is -2.03. The molecule has 0 atom stereocenters. The van der Waals surface area contributed by atoms with Crippen LogP contribution in [0, 0.1) is 0 Å². The van der Waals surface area contributed by atoms with Crippen molar-refractivity contribution in [3.63, 3.8) is 0 Å². The highest BCUT2D eigenvalue weighted by molar-refractivity contribution is 5.77. The van der Waals surface area contributed by atoms with E-state index in [9.17, 15) is 13.6 Å². The van der Waals surface area contributed by atoms with Gasteiger partial charge in [0.1, 0.15) is 0 Å². The van der Waals surface area contributed by atoms with Gasteiger partial charge in [-0.25, -0.2) is 5.48 Å². The Morgan fingerprint density at radius 1 is 1.50 bits per heavy atom. The summed E-state index contributed by atoms with van der Waals surface area (Å²) in [5.41, 5.74) is 1.57. The van der Waals surface area contributed by atoms with E-state index in [1.807, 2.05) is 0 Å². The van der Waals surface area contributed by atoms with Crippen LogP contribution >= 0.6 is 0 Å². The molecule has 4 nitrogen and oxygen atoms in total. The number of nitrogens with one attached hydrogen (secondary N) is 1. The van der Waals surface area contributed by atoms with Crippen molar-refractivity contribution in [3.8, 4) is 0 Å². The quantitative estimate of drug-likeness (QED) is 0.452. The molecule has 0 aromatic heterocycles. The van der Waals surface area contributed by atoms with Crippen LogP contribution in [0.1, 0.15) is 12.8 Å². The predicted molar refractivity (Wildman–Crippen MR) is 36.4 cm³/mol. The van der Waals surface area contributed by atoms with Gasteiger partial charge in [0.25, 0.3) is 0 Å². The Hall–Kier alpha value is -0.750. The maximum Gasteiger partial charge on any atom is 0.317 e. The standard InChI is InChI=1S/C6H11F2NO3/c7-5(8)6(11)9-12-4-2-1-3-10/h5,10H,1-4H2,(H,9,11). The zero-order valence-electron chi connectivity index (χ0n) is 6.43. The highest BCUT2D eigenvalue weighted by atomic mass is 19.3. The van der Waals surface area contributed by atoms with Crippen LogP contribution in [0.5, 0.6) is 0 Å². The molecule has 0 saturated heterocycles. The fourth-order valence-corrected chi connectivity index (χ4v) is 0.453. The minimum atomic E-state index is -3.05. The summed E-state index contributed by atoms with van der Waals surface area (Å²) >= 11 is 0. The lowest BCUT2D eigenvalue weighted by molar-refractivity contribution is -0.144. The highest BCUT2D eigenvalue weighted by Crippen LogP contribution is 1.91. The summed E-state index contributed by atoms with van der Waals surface area (Å²) in [5, 5.41) is 8.30. The molecule has 0 fully saturated rings. The lowest BCUT2D eigenvalue weighted by atomic mass is 10.3. The normalized spacial score (nSPS) is 10.3. The Kier molecular flexibility index (Phi) is 6.50. The Bertz CT molecular complexity index is 132. The van der Waals surface area contributed by atoms with Gasteiger partial charge in [-0.05, 0) is 12.8 Å². The highest BCUT2D eigenvalue weighted by Gasteiger charge is 2.14. The van der Waals surface area contributed by atoms with Crippen molar-refractivity contribution >= 4 is 5.91 Å². The van der Waals surface area contributed by atoms with Crippen LogP contribution in [0.25, 0.3) is 0 Å². The van der Waals surface area contributed by atoms with E-state index in [2.05, 4.69) is 4.84 Å². The molecule has 0 aliphatic rings. The summed E-state index contributed by atoms with van der Waals surface area (Å²) in [6.07, 6.45) is -2.02. The predicted octanol–water partition coefficient (Wildman–Crippen LogP) is 0.0718. The number of alkyl halides is 2. The van der Waals surface area contributed by atoms with Crippen molar-refractivity contribution in [2.75, 3.05) is 13.2 Å². The van der Waals surface area contributed by atoms with Crippen LogP contribution in [0.4, 0.5) is 8.78 Å². The lowest BCUT2D eigenvalue weighted by Crippen LogP contribution is -2.29. The van der Waals surface area contributed by atoms with Gasteiger partial charge in [-0.1, -0.05) is 0 Å². The third-order valence-corrected chi connectivity index (χ3v) is 1.03. The zero-order chi connectivity index (χ0) is 9.40. The fraction of sp³-hybridized carbons (Fsp3) is 0.833. The number of aliphatic hydroxyl groups excluding tert-OH is 1. The van der Waals surface area contributed by atoms with Crippen LogP contribution in [0.15, 0.2) is 0 Å². The summed E-state index contributed by atoms with van der Waals surface area (Å²) in [4.78, 5) is 14.5. The van der Waals surface area contributed by atoms with E-state index in [-0.39, 0.29) is 13.2 Å². The Labute approximate surface area is 68.5 Å². The smallest absolute Gasteiger partial charge is 0.317 e. The molecule has 0 saturated carbocycles. The van der Waals surface area contributed by atoms with Crippen molar-refractivity contribution in [3.05, 3.63) is 0 Å². The van der Waals surface area contributed by atoms with Gasteiger partial charge in [0, 0.05) is 6.61 Å². The molecule has 0 radical (unpaired) electrons.